The van der Waals surface area contributed by atoms with Crippen molar-refractivity contribution in [3.63, 3.8) is 0 Å². The van der Waals surface area contributed by atoms with Crippen LogP contribution in [0, 0.1) is 11.3 Å². The molecule has 0 aliphatic rings. The summed E-state index contributed by atoms with van der Waals surface area (Å²) in [6.07, 6.45) is 1.87. The number of fused-ring (bicyclic) bond motifs is 1. The van der Waals surface area contributed by atoms with Crippen LogP contribution in [-0.2, 0) is 11.2 Å². The maximum Gasteiger partial charge on any atom is 0.137 e. The van der Waals surface area contributed by atoms with E-state index in [4.69, 9.17) is 9.68 Å². The normalized spacial score (nSPS) is 10.1. The lowest BCUT2D eigenvalue weighted by atomic mass is 10.0. The lowest BCUT2D eigenvalue weighted by molar-refractivity contribution is -0.116. The monoisotopic (exact) mass is 199 g/mol. The number of Topliss-reactive ketones (excluding diaryl/α,β-unsaturated/α-hetero) is 1. The third-order valence-electron chi connectivity index (χ3n) is 2.20. The Balaban J connectivity index is 2.64. The molecular formula is C12H9NO2. The number of rotatable bonds is 2. The fourth-order valence-corrected chi connectivity index (χ4v) is 1.62. The van der Waals surface area contributed by atoms with Gasteiger partial charge in [-0.05, 0) is 25.1 Å². The van der Waals surface area contributed by atoms with E-state index in [-0.39, 0.29) is 5.78 Å². The molecule has 15 heavy (non-hydrogen) atoms. The molecule has 2 aromatic rings. The van der Waals surface area contributed by atoms with E-state index < -0.39 is 0 Å². The Labute approximate surface area is 86.9 Å². The molecule has 0 aliphatic heterocycles. The summed E-state index contributed by atoms with van der Waals surface area (Å²) < 4.78 is 5.29. The summed E-state index contributed by atoms with van der Waals surface area (Å²) in [4.78, 5) is 11.1. The maximum atomic E-state index is 11.1. The topological polar surface area (TPSA) is 54.0 Å². The molecule has 0 amide bonds. The number of carbonyl (C=O) groups excluding carboxylic acids is 1. The summed E-state index contributed by atoms with van der Waals surface area (Å²) in [6, 6.07) is 7.32. The van der Waals surface area contributed by atoms with Crippen molar-refractivity contribution in [3.05, 3.63) is 35.6 Å². The van der Waals surface area contributed by atoms with E-state index in [9.17, 15) is 4.79 Å². The number of carbonyl (C=O) groups is 1. The Morgan fingerprint density at radius 2 is 2.33 bits per heavy atom. The van der Waals surface area contributed by atoms with Crippen LogP contribution in [-0.4, -0.2) is 5.78 Å². The Morgan fingerprint density at radius 3 is 3.00 bits per heavy atom. The van der Waals surface area contributed by atoms with Crippen LogP contribution in [0.3, 0.4) is 0 Å². The molecule has 0 fully saturated rings. The van der Waals surface area contributed by atoms with Crippen molar-refractivity contribution in [1.82, 2.24) is 0 Å². The first-order chi connectivity index (χ1) is 7.20. The van der Waals surface area contributed by atoms with E-state index in [1.165, 1.54) is 6.92 Å². The zero-order chi connectivity index (χ0) is 10.8. The molecule has 0 aliphatic carbocycles. The minimum atomic E-state index is 0.0581. The highest BCUT2D eigenvalue weighted by Crippen LogP contribution is 2.22. The van der Waals surface area contributed by atoms with E-state index in [1.54, 1.807) is 24.5 Å². The van der Waals surface area contributed by atoms with Crippen LogP contribution in [0.4, 0.5) is 0 Å². The van der Waals surface area contributed by atoms with Crippen LogP contribution in [0.5, 0.6) is 0 Å². The summed E-state index contributed by atoms with van der Waals surface area (Å²) >= 11 is 0. The number of nitrogens with zero attached hydrogens (tertiary/aromatic N) is 1. The predicted octanol–water partition coefficient (Wildman–Crippen LogP) is 2.44. The highest BCUT2D eigenvalue weighted by atomic mass is 16.3. The Morgan fingerprint density at radius 1 is 1.53 bits per heavy atom. The number of nitriles is 1. The van der Waals surface area contributed by atoms with Gasteiger partial charge in [0.05, 0.1) is 17.9 Å². The molecule has 0 bridgehead atoms. The quantitative estimate of drug-likeness (QED) is 0.746. The second-order valence-corrected chi connectivity index (χ2v) is 3.46. The molecule has 0 spiro atoms. The minimum absolute atomic E-state index is 0.0581. The fraction of sp³-hybridized carbons (Fsp3) is 0.167. The summed E-state index contributed by atoms with van der Waals surface area (Å²) in [6.45, 7) is 1.52. The molecular weight excluding hydrogens is 190 g/mol. The molecule has 0 N–H and O–H groups in total. The molecule has 0 unspecified atom stereocenters. The summed E-state index contributed by atoms with van der Waals surface area (Å²) in [5.74, 6) is 0.0581. The number of benzene rings is 1. The van der Waals surface area contributed by atoms with E-state index in [0.717, 1.165) is 10.9 Å². The molecule has 3 heteroatoms. The van der Waals surface area contributed by atoms with Crippen molar-refractivity contribution in [1.29, 1.82) is 5.26 Å². The van der Waals surface area contributed by atoms with E-state index in [1.807, 2.05) is 0 Å². The van der Waals surface area contributed by atoms with Gasteiger partial charge in [0.15, 0.2) is 0 Å². The zero-order valence-corrected chi connectivity index (χ0v) is 8.28. The van der Waals surface area contributed by atoms with Gasteiger partial charge in [0.25, 0.3) is 0 Å². The SMILES string of the molecule is CC(=O)Cc1cc(C#N)cc2ccoc12. The first kappa shape index (κ1) is 9.47. The van der Waals surface area contributed by atoms with Gasteiger partial charge in [-0.15, -0.1) is 0 Å². The van der Waals surface area contributed by atoms with E-state index in [2.05, 4.69) is 6.07 Å². The van der Waals surface area contributed by atoms with Crippen molar-refractivity contribution in [2.75, 3.05) is 0 Å². The Bertz CT molecular complexity index is 560. The molecule has 0 atom stereocenters. The average molecular weight is 199 g/mol. The molecule has 74 valence electrons. The van der Waals surface area contributed by atoms with Gasteiger partial charge in [-0.2, -0.15) is 5.26 Å². The highest BCUT2D eigenvalue weighted by molar-refractivity contribution is 5.87. The van der Waals surface area contributed by atoms with Gasteiger partial charge in [0.1, 0.15) is 11.4 Å². The molecule has 0 saturated carbocycles. The lowest BCUT2D eigenvalue weighted by Gasteiger charge is -2.00. The van der Waals surface area contributed by atoms with Crippen molar-refractivity contribution in [2.45, 2.75) is 13.3 Å². The highest BCUT2D eigenvalue weighted by Gasteiger charge is 2.08. The standard InChI is InChI=1S/C12H9NO2/c1-8(14)4-11-6-9(7-13)5-10-2-3-15-12(10)11/h2-3,5-6H,4H2,1H3. The van der Waals surface area contributed by atoms with Crippen molar-refractivity contribution >= 4 is 16.8 Å². The third kappa shape index (κ3) is 1.75. The van der Waals surface area contributed by atoms with Crippen LogP contribution in [0.1, 0.15) is 18.1 Å². The second-order valence-electron chi connectivity index (χ2n) is 3.46. The molecule has 3 nitrogen and oxygen atoms in total. The van der Waals surface area contributed by atoms with Gasteiger partial charge in [-0.3, -0.25) is 4.79 Å². The van der Waals surface area contributed by atoms with Gasteiger partial charge in [-0.1, -0.05) is 0 Å². The first-order valence-corrected chi connectivity index (χ1v) is 4.60. The number of furan rings is 1. The van der Waals surface area contributed by atoms with Crippen molar-refractivity contribution < 1.29 is 9.21 Å². The molecule has 1 heterocycles. The largest absolute Gasteiger partial charge is 0.464 e. The summed E-state index contributed by atoms with van der Waals surface area (Å²) in [7, 11) is 0. The molecule has 2 rings (SSSR count). The fourth-order valence-electron chi connectivity index (χ4n) is 1.62. The lowest BCUT2D eigenvalue weighted by Crippen LogP contribution is -1.97. The average Bonchev–Trinajstić information content (AvgIpc) is 2.64. The van der Waals surface area contributed by atoms with Crippen LogP contribution in [0.15, 0.2) is 28.9 Å². The number of hydrogen-bond acceptors (Lipinski definition) is 3. The van der Waals surface area contributed by atoms with Crippen LogP contribution in [0.25, 0.3) is 11.0 Å². The van der Waals surface area contributed by atoms with Crippen LogP contribution < -0.4 is 0 Å². The molecule has 1 aromatic heterocycles. The second kappa shape index (κ2) is 3.58. The smallest absolute Gasteiger partial charge is 0.137 e. The van der Waals surface area contributed by atoms with E-state index >= 15 is 0 Å². The van der Waals surface area contributed by atoms with Gasteiger partial charge < -0.3 is 4.42 Å². The number of ketones is 1. The van der Waals surface area contributed by atoms with Crippen LogP contribution >= 0.6 is 0 Å². The summed E-state index contributed by atoms with van der Waals surface area (Å²) in [5, 5.41) is 9.69. The Kier molecular flexibility index (Phi) is 2.26. The van der Waals surface area contributed by atoms with Gasteiger partial charge in [-0.25, -0.2) is 0 Å². The van der Waals surface area contributed by atoms with Crippen molar-refractivity contribution in [3.8, 4) is 6.07 Å². The minimum Gasteiger partial charge on any atom is -0.464 e. The van der Waals surface area contributed by atoms with Gasteiger partial charge in [0, 0.05) is 17.4 Å². The number of hydrogen-bond donors (Lipinski definition) is 0. The van der Waals surface area contributed by atoms with E-state index in [0.29, 0.717) is 17.6 Å². The maximum absolute atomic E-state index is 11.1. The molecule has 0 saturated heterocycles. The van der Waals surface area contributed by atoms with Gasteiger partial charge >= 0.3 is 0 Å². The molecule has 1 aromatic carbocycles. The predicted molar refractivity (Wildman–Crippen MR) is 55.3 cm³/mol. The summed E-state index contributed by atoms with van der Waals surface area (Å²) in [5.41, 5.74) is 2.03. The third-order valence-corrected chi connectivity index (χ3v) is 2.20. The van der Waals surface area contributed by atoms with Crippen molar-refractivity contribution in [2.24, 2.45) is 0 Å². The first-order valence-electron chi connectivity index (χ1n) is 4.60. The molecule has 0 radical (unpaired) electrons. The van der Waals surface area contributed by atoms with Crippen LogP contribution in [0.2, 0.25) is 0 Å². The van der Waals surface area contributed by atoms with Gasteiger partial charge in [0.2, 0.25) is 0 Å². The Hall–Kier alpha value is -2.08. The zero-order valence-electron chi connectivity index (χ0n) is 8.28.